The summed E-state index contributed by atoms with van der Waals surface area (Å²) in [7, 11) is 5.65. The van der Waals surface area contributed by atoms with Crippen molar-refractivity contribution in [1.82, 2.24) is 14.4 Å². The Labute approximate surface area is 172 Å². The number of carbonyl (C=O) groups is 1. The predicted octanol–water partition coefficient (Wildman–Crippen LogP) is 3.98. The van der Waals surface area contributed by atoms with E-state index in [9.17, 15) is 4.79 Å². The van der Waals surface area contributed by atoms with Crippen LogP contribution < -0.4 is 4.74 Å². The lowest BCUT2D eigenvalue weighted by atomic mass is 10.1. The highest BCUT2D eigenvalue weighted by Gasteiger charge is 2.29. The predicted molar refractivity (Wildman–Crippen MR) is 116 cm³/mol. The first-order valence-corrected chi connectivity index (χ1v) is 10.2. The number of amides is 1. The Morgan fingerprint density at radius 3 is 2.72 bits per heavy atom. The molecule has 1 aliphatic rings. The number of carbonyl (C=O) groups excluding carboxylic acids is 1. The lowest BCUT2D eigenvalue weighted by Crippen LogP contribution is -2.38. The van der Waals surface area contributed by atoms with Gasteiger partial charge in [0.1, 0.15) is 5.75 Å². The van der Waals surface area contributed by atoms with Gasteiger partial charge in [0.2, 0.25) is 5.91 Å². The monoisotopic (exact) mass is 391 g/mol. The van der Waals surface area contributed by atoms with Gasteiger partial charge in [0.25, 0.3) is 0 Å². The van der Waals surface area contributed by atoms with E-state index in [2.05, 4.69) is 59.1 Å². The number of fused-ring (bicyclic) bond motifs is 1. The molecular weight excluding hydrogens is 362 g/mol. The number of aryl methyl sites for hydroxylation is 1. The van der Waals surface area contributed by atoms with E-state index in [0.29, 0.717) is 19.1 Å². The van der Waals surface area contributed by atoms with Gasteiger partial charge in [-0.15, -0.1) is 0 Å². The van der Waals surface area contributed by atoms with Crippen LogP contribution in [0.3, 0.4) is 0 Å². The van der Waals surface area contributed by atoms with Crippen molar-refractivity contribution >= 4 is 16.7 Å². The molecule has 0 radical (unpaired) electrons. The lowest BCUT2D eigenvalue weighted by molar-refractivity contribution is -0.131. The number of aromatic nitrogens is 1. The summed E-state index contributed by atoms with van der Waals surface area (Å²) in [6.45, 7) is 2.06. The molecule has 0 saturated carbocycles. The first kappa shape index (κ1) is 19.5. The van der Waals surface area contributed by atoms with Crippen LogP contribution in [0.15, 0.2) is 54.7 Å². The summed E-state index contributed by atoms with van der Waals surface area (Å²) in [4.78, 5) is 17.1. The van der Waals surface area contributed by atoms with Crippen LogP contribution in [0.2, 0.25) is 0 Å². The molecule has 4 rings (SSSR count). The van der Waals surface area contributed by atoms with Crippen LogP contribution in [0, 0.1) is 0 Å². The molecule has 1 atom stereocenters. The zero-order valence-corrected chi connectivity index (χ0v) is 17.5. The maximum absolute atomic E-state index is 12.9. The molecule has 1 fully saturated rings. The Kier molecular flexibility index (Phi) is 5.58. The minimum Gasteiger partial charge on any atom is -0.497 e. The summed E-state index contributed by atoms with van der Waals surface area (Å²) in [5.41, 5.74) is 2.43. The Morgan fingerprint density at radius 1 is 1.17 bits per heavy atom. The fourth-order valence-electron chi connectivity index (χ4n) is 4.33. The number of likely N-dealkylation sites (tertiary alicyclic amines) is 1. The van der Waals surface area contributed by atoms with E-state index in [1.165, 1.54) is 5.69 Å². The average molecular weight is 392 g/mol. The molecule has 1 amide bonds. The van der Waals surface area contributed by atoms with E-state index >= 15 is 0 Å². The number of methoxy groups -OCH3 is 1. The molecule has 5 nitrogen and oxygen atoms in total. The molecule has 5 heteroatoms. The fraction of sp³-hybridized carbons (Fsp3) is 0.375. The average Bonchev–Trinajstić information content (AvgIpc) is 3.35. The Hall–Kier alpha value is -2.79. The third kappa shape index (κ3) is 4.15. The summed E-state index contributed by atoms with van der Waals surface area (Å²) in [6, 6.07) is 17.0. The highest BCUT2D eigenvalue weighted by Crippen LogP contribution is 2.31. The first-order valence-electron chi connectivity index (χ1n) is 10.2. The Bertz CT molecular complexity index is 1010. The van der Waals surface area contributed by atoms with Gasteiger partial charge in [-0.05, 0) is 66.1 Å². The van der Waals surface area contributed by atoms with Crippen LogP contribution in [0.4, 0.5) is 0 Å². The third-order valence-corrected chi connectivity index (χ3v) is 5.98. The lowest BCUT2D eigenvalue weighted by Gasteiger charge is -2.27. The summed E-state index contributed by atoms with van der Waals surface area (Å²) >= 11 is 0. The maximum Gasteiger partial charge on any atom is 0.236 e. The topological polar surface area (TPSA) is 37.7 Å². The SMILES string of the molecule is COc1ccc2cc(CN(C)C(=O)CN3CCC[C@H]3c3cccn3C)ccc2c1. The number of nitrogens with zero attached hydrogens (tertiary/aromatic N) is 3. The standard InChI is InChI=1S/C24H29N3O2/c1-25-12-4-6-22(25)23-7-5-13-27(23)17-24(28)26(2)16-18-8-9-20-15-21(29-3)11-10-19(20)14-18/h4,6,8-12,14-15,23H,5,7,13,16-17H2,1-3H3/t23-/m0/s1. The van der Waals surface area contributed by atoms with Gasteiger partial charge in [-0.3, -0.25) is 9.69 Å². The van der Waals surface area contributed by atoms with Crippen molar-refractivity contribution in [3.63, 3.8) is 0 Å². The first-order chi connectivity index (χ1) is 14.0. The fourth-order valence-corrected chi connectivity index (χ4v) is 4.33. The molecule has 3 aromatic rings. The summed E-state index contributed by atoms with van der Waals surface area (Å²) in [6.07, 6.45) is 4.33. The van der Waals surface area contributed by atoms with Crippen molar-refractivity contribution in [1.29, 1.82) is 0 Å². The van der Waals surface area contributed by atoms with Gasteiger partial charge in [-0.25, -0.2) is 0 Å². The molecule has 1 aromatic heterocycles. The van der Waals surface area contributed by atoms with Crippen molar-refractivity contribution < 1.29 is 9.53 Å². The number of hydrogen-bond acceptors (Lipinski definition) is 3. The number of ether oxygens (including phenoxy) is 1. The third-order valence-electron chi connectivity index (χ3n) is 5.98. The second-order valence-electron chi connectivity index (χ2n) is 7.97. The quantitative estimate of drug-likeness (QED) is 0.638. The van der Waals surface area contributed by atoms with Gasteiger partial charge in [0.15, 0.2) is 0 Å². The molecule has 29 heavy (non-hydrogen) atoms. The van der Waals surface area contributed by atoms with Gasteiger partial charge in [-0.1, -0.05) is 18.2 Å². The summed E-state index contributed by atoms with van der Waals surface area (Å²) in [5, 5.41) is 2.30. The van der Waals surface area contributed by atoms with E-state index < -0.39 is 0 Å². The molecule has 0 spiro atoms. The molecule has 1 saturated heterocycles. The molecule has 0 aliphatic carbocycles. The number of benzene rings is 2. The van der Waals surface area contributed by atoms with Crippen molar-refractivity contribution in [3.05, 3.63) is 66.0 Å². The van der Waals surface area contributed by atoms with Gasteiger partial charge < -0.3 is 14.2 Å². The molecule has 0 N–H and O–H groups in total. The molecular formula is C24H29N3O2. The zero-order valence-electron chi connectivity index (χ0n) is 17.5. The van der Waals surface area contributed by atoms with Gasteiger partial charge >= 0.3 is 0 Å². The highest BCUT2D eigenvalue weighted by molar-refractivity contribution is 5.84. The van der Waals surface area contributed by atoms with E-state index in [-0.39, 0.29) is 5.91 Å². The molecule has 0 unspecified atom stereocenters. The normalized spacial score (nSPS) is 17.0. The van der Waals surface area contributed by atoms with Crippen molar-refractivity contribution in [3.8, 4) is 5.75 Å². The Morgan fingerprint density at radius 2 is 1.97 bits per heavy atom. The van der Waals surface area contributed by atoms with Crippen molar-refractivity contribution in [2.24, 2.45) is 7.05 Å². The molecule has 1 aliphatic heterocycles. The summed E-state index contributed by atoms with van der Waals surface area (Å²) < 4.78 is 7.46. The van der Waals surface area contributed by atoms with Crippen molar-refractivity contribution in [2.75, 3.05) is 27.2 Å². The smallest absolute Gasteiger partial charge is 0.236 e. The maximum atomic E-state index is 12.9. The highest BCUT2D eigenvalue weighted by atomic mass is 16.5. The van der Waals surface area contributed by atoms with E-state index in [1.54, 1.807) is 7.11 Å². The zero-order chi connectivity index (χ0) is 20.4. The minimum atomic E-state index is 0.168. The second kappa shape index (κ2) is 8.29. The van der Waals surface area contributed by atoms with Gasteiger partial charge in [0, 0.05) is 32.5 Å². The number of likely N-dealkylation sites (N-methyl/N-ethyl adjacent to an activating group) is 1. The van der Waals surface area contributed by atoms with Crippen LogP contribution in [-0.2, 0) is 18.4 Å². The Balaban J connectivity index is 1.41. The van der Waals surface area contributed by atoms with Gasteiger partial charge in [-0.2, -0.15) is 0 Å². The van der Waals surface area contributed by atoms with E-state index in [1.807, 2.05) is 24.1 Å². The number of rotatable bonds is 6. The van der Waals surface area contributed by atoms with Crippen LogP contribution in [0.25, 0.3) is 10.8 Å². The minimum absolute atomic E-state index is 0.168. The van der Waals surface area contributed by atoms with Crippen LogP contribution in [-0.4, -0.2) is 47.5 Å². The molecule has 2 aromatic carbocycles. The van der Waals surface area contributed by atoms with Crippen LogP contribution >= 0.6 is 0 Å². The molecule has 0 bridgehead atoms. The van der Waals surface area contributed by atoms with Crippen LogP contribution in [0.5, 0.6) is 5.75 Å². The largest absolute Gasteiger partial charge is 0.497 e. The van der Waals surface area contributed by atoms with Gasteiger partial charge in [0.05, 0.1) is 19.7 Å². The molecule has 2 heterocycles. The molecule has 152 valence electrons. The van der Waals surface area contributed by atoms with Crippen LogP contribution in [0.1, 0.15) is 30.1 Å². The van der Waals surface area contributed by atoms with Crippen molar-refractivity contribution in [2.45, 2.75) is 25.4 Å². The number of hydrogen-bond donors (Lipinski definition) is 0. The summed E-state index contributed by atoms with van der Waals surface area (Å²) in [5.74, 6) is 1.02. The second-order valence-corrected chi connectivity index (χ2v) is 7.97. The van der Waals surface area contributed by atoms with E-state index in [4.69, 9.17) is 4.74 Å². The van der Waals surface area contributed by atoms with E-state index in [0.717, 1.165) is 41.5 Å².